The van der Waals surface area contributed by atoms with Crippen LogP contribution in [0.25, 0.3) is 105 Å². The number of rotatable bonds is 6. The van der Waals surface area contributed by atoms with E-state index in [2.05, 4.69) is 215 Å². The molecule has 0 bridgehead atoms. The normalized spacial score (nSPS) is 14.8. The first-order valence-corrected chi connectivity index (χ1v) is 22.2. The summed E-state index contributed by atoms with van der Waals surface area (Å²) in [7, 11) is 0. The second-order valence-corrected chi connectivity index (χ2v) is 17.1. The van der Waals surface area contributed by atoms with Gasteiger partial charge < -0.3 is 13.6 Å². The molecule has 8 aromatic carbocycles. The van der Waals surface area contributed by atoms with E-state index >= 15 is 0 Å². The van der Waals surface area contributed by atoms with Crippen LogP contribution in [0.15, 0.2) is 211 Å². The average Bonchev–Trinajstić information content (AvgIpc) is 4.02. The molecule has 11 aromatic rings. The number of allylic oxidation sites excluding steroid dienone is 5. The lowest BCUT2D eigenvalue weighted by molar-refractivity contribution is 0.669. The number of hydrogen-bond acceptors (Lipinski definition) is 1. The standard InChI is InChI=1S/C60H42N2O/c1-3-16-39(17-4-1)40-18-13-21-46(37-40)61-55-29-11-8-24-52(55)59-47(25-15-30-56(59)61)43-34-42(41-32-33-58-53(38-41)50-23-9-12-31-57(50)63-58)35-44(36-43)48-26-14-27-51-49-22-7-10-28-54(49)62(60(48)51)45-19-5-2-6-20-45/h1-7,9-16,18-23,25-39H,8,17,24H2. The molecule has 0 saturated carbocycles. The Labute approximate surface area is 365 Å². The van der Waals surface area contributed by atoms with Crippen LogP contribution in [0.4, 0.5) is 0 Å². The third-order valence-electron chi connectivity index (χ3n) is 13.5. The van der Waals surface area contributed by atoms with Gasteiger partial charge in [0, 0.05) is 55.5 Å². The minimum atomic E-state index is 0.379. The fourth-order valence-electron chi connectivity index (χ4n) is 10.6. The van der Waals surface area contributed by atoms with Crippen LogP contribution in [0.2, 0.25) is 0 Å². The first kappa shape index (κ1) is 35.8. The molecule has 2 aliphatic rings. The van der Waals surface area contributed by atoms with Crippen molar-refractivity contribution in [1.82, 2.24) is 9.13 Å². The number of fused-ring (bicyclic) bond motifs is 9. The van der Waals surface area contributed by atoms with E-state index < -0.39 is 0 Å². The molecule has 1 unspecified atom stereocenters. The highest BCUT2D eigenvalue weighted by Crippen LogP contribution is 2.45. The molecule has 3 heteroatoms. The monoisotopic (exact) mass is 806 g/mol. The van der Waals surface area contributed by atoms with Gasteiger partial charge in [-0.15, -0.1) is 0 Å². The van der Waals surface area contributed by atoms with Crippen LogP contribution in [0.5, 0.6) is 0 Å². The summed E-state index contributed by atoms with van der Waals surface area (Å²) in [6.07, 6.45) is 16.7. The third kappa shape index (κ3) is 5.73. The van der Waals surface area contributed by atoms with Crippen LogP contribution >= 0.6 is 0 Å². The minimum Gasteiger partial charge on any atom is -0.456 e. The van der Waals surface area contributed by atoms with E-state index in [4.69, 9.17) is 4.42 Å². The third-order valence-corrected chi connectivity index (χ3v) is 13.5. The molecule has 0 saturated heterocycles. The van der Waals surface area contributed by atoms with Crippen LogP contribution in [-0.2, 0) is 6.42 Å². The van der Waals surface area contributed by atoms with Gasteiger partial charge in [0.25, 0.3) is 0 Å². The predicted molar refractivity (Wildman–Crippen MR) is 264 cm³/mol. The Morgan fingerprint density at radius 3 is 2.11 bits per heavy atom. The molecule has 0 aliphatic heterocycles. The van der Waals surface area contributed by atoms with Crippen LogP contribution < -0.4 is 0 Å². The summed E-state index contributed by atoms with van der Waals surface area (Å²) >= 11 is 0. The predicted octanol–water partition coefficient (Wildman–Crippen LogP) is 16.2. The molecule has 3 heterocycles. The van der Waals surface area contributed by atoms with Gasteiger partial charge in [0.05, 0.1) is 16.6 Å². The van der Waals surface area contributed by atoms with Crippen molar-refractivity contribution in [1.29, 1.82) is 0 Å². The topological polar surface area (TPSA) is 23.0 Å². The molecular formula is C60H42N2O. The first-order valence-electron chi connectivity index (χ1n) is 22.2. The highest BCUT2D eigenvalue weighted by molar-refractivity contribution is 6.14. The molecule has 0 N–H and O–H groups in total. The lowest BCUT2D eigenvalue weighted by Crippen LogP contribution is -2.02. The van der Waals surface area contributed by atoms with Crippen molar-refractivity contribution in [2.45, 2.75) is 25.2 Å². The van der Waals surface area contributed by atoms with E-state index in [1.807, 2.05) is 6.07 Å². The van der Waals surface area contributed by atoms with Crippen molar-refractivity contribution in [2.24, 2.45) is 0 Å². The zero-order valence-electron chi connectivity index (χ0n) is 34.7. The number of furan rings is 1. The Hall–Kier alpha value is -7.88. The maximum absolute atomic E-state index is 6.33. The minimum absolute atomic E-state index is 0.379. The molecule has 63 heavy (non-hydrogen) atoms. The van der Waals surface area contributed by atoms with Gasteiger partial charge in [0.2, 0.25) is 0 Å². The fourth-order valence-corrected chi connectivity index (χ4v) is 10.6. The summed E-state index contributed by atoms with van der Waals surface area (Å²) in [5.74, 6) is 0.379. The van der Waals surface area contributed by atoms with Crippen LogP contribution in [0.3, 0.4) is 0 Å². The van der Waals surface area contributed by atoms with Gasteiger partial charge in [-0.1, -0.05) is 134 Å². The van der Waals surface area contributed by atoms with Crippen LogP contribution in [0, 0.1) is 0 Å². The smallest absolute Gasteiger partial charge is 0.135 e. The Morgan fingerprint density at radius 1 is 0.476 bits per heavy atom. The van der Waals surface area contributed by atoms with Crippen LogP contribution in [-0.4, -0.2) is 9.13 Å². The highest BCUT2D eigenvalue weighted by atomic mass is 16.3. The Bertz CT molecular complexity index is 3720. The molecule has 0 spiro atoms. The Kier molecular flexibility index (Phi) is 8.17. The molecule has 1 atom stereocenters. The SMILES string of the molecule is C1=CCC(c2cccc(-n3c4c(c5c(-c6cc(-c7ccc8oc9ccccc9c8c7)cc(-c7cccc8c9ccccc9n(-c9ccccc9)c78)c6)cccc53)CCC=C4)c2)C=C1. The molecule has 0 radical (unpaired) electrons. The molecule has 3 aromatic heterocycles. The number of para-hydroxylation sites is 4. The van der Waals surface area contributed by atoms with E-state index in [1.165, 1.54) is 83.0 Å². The van der Waals surface area contributed by atoms with E-state index in [0.717, 1.165) is 52.5 Å². The van der Waals surface area contributed by atoms with Crippen molar-refractivity contribution in [2.75, 3.05) is 0 Å². The summed E-state index contributed by atoms with van der Waals surface area (Å²) in [4.78, 5) is 0. The van der Waals surface area contributed by atoms with Crippen molar-refractivity contribution in [3.63, 3.8) is 0 Å². The summed E-state index contributed by atoms with van der Waals surface area (Å²) in [5, 5.41) is 6.08. The Balaban J connectivity index is 1.08. The van der Waals surface area contributed by atoms with Gasteiger partial charge in [-0.05, 0) is 137 Å². The molecular weight excluding hydrogens is 765 g/mol. The summed E-state index contributed by atoms with van der Waals surface area (Å²) < 4.78 is 11.3. The molecule has 298 valence electrons. The van der Waals surface area contributed by atoms with Gasteiger partial charge in [-0.25, -0.2) is 0 Å². The van der Waals surface area contributed by atoms with Crippen LogP contribution in [0.1, 0.15) is 35.6 Å². The molecule has 13 rings (SSSR count). The van der Waals surface area contributed by atoms with Gasteiger partial charge in [0.15, 0.2) is 0 Å². The highest BCUT2D eigenvalue weighted by Gasteiger charge is 2.24. The summed E-state index contributed by atoms with van der Waals surface area (Å²) in [6.45, 7) is 0. The molecule has 3 nitrogen and oxygen atoms in total. The number of hydrogen-bond donors (Lipinski definition) is 0. The maximum atomic E-state index is 6.33. The second kappa shape index (κ2) is 14.4. The van der Waals surface area contributed by atoms with Gasteiger partial charge in [-0.2, -0.15) is 0 Å². The maximum Gasteiger partial charge on any atom is 0.135 e. The van der Waals surface area contributed by atoms with Crippen molar-refractivity contribution < 1.29 is 4.42 Å². The lowest BCUT2D eigenvalue weighted by Gasteiger charge is -2.17. The Morgan fingerprint density at radius 2 is 1.21 bits per heavy atom. The zero-order chi connectivity index (χ0) is 41.4. The van der Waals surface area contributed by atoms with E-state index in [1.54, 1.807) is 0 Å². The molecule has 0 fully saturated rings. The summed E-state index contributed by atoms with van der Waals surface area (Å²) in [6, 6.07) is 64.9. The lowest BCUT2D eigenvalue weighted by atomic mass is 9.89. The van der Waals surface area contributed by atoms with Crippen molar-refractivity contribution in [3.05, 3.63) is 223 Å². The molecule has 2 aliphatic carbocycles. The van der Waals surface area contributed by atoms with Gasteiger partial charge in [0.1, 0.15) is 11.2 Å². The quantitative estimate of drug-likeness (QED) is 0.164. The van der Waals surface area contributed by atoms with E-state index in [9.17, 15) is 0 Å². The number of aryl methyl sites for hydroxylation is 1. The first-order chi connectivity index (χ1) is 31.2. The summed E-state index contributed by atoms with van der Waals surface area (Å²) in [5.41, 5.74) is 19.0. The largest absolute Gasteiger partial charge is 0.456 e. The average molecular weight is 807 g/mol. The zero-order valence-corrected chi connectivity index (χ0v) is 34.7. The second-order valence-electron chi connectivity index (χ2n) is 17.1. The number of nitrogens with zero attached hydrogens (tertiary/aromatic N) is 2. The van der Waals surface area contributed by atoms with Crippen molar-refractivity contribution in [3.8, 4) is 44.8 Å². The van der Waals surface area contributed by atoms with Gasteiger partial charge >= 0.3 is 0 Å². The van der Waals surface area contributed by atoms with Crippen molar-refractivity contribution >= 4 is 60.7 Å². The number of aromatic nitrogens is 2. The molecule has 0 amide bonds. The van der Waals surface area contributed by atoms with E-state index in [-0.39, 0.29) is 0 Å². The van der Waals surface area contributed by atoms with Gasteiger partial charge in [-0.3, -0.25) is 0 Å². The number of benzene rings is 8. The van der Waals surface area contributed by atoms with E-state index in [0.29, 0.717) is 5.92 Å². The fraction of sp³-hybridized carbons (Fsp3) is 0.0667.